The maximum atomic E-state index is 13.6. The van der Waals surface area contributed by atoms with E-state index in [4.69, 9.17) is 19.9 Å². The topological polar surface area (TPSA) is 127 Å². The number of rotatable bonds is 8. The zero-order chi connectivity index (χ0) is 35.2. The van der Waals surface area contributed by atoms with Crippen LogP contribution in [0.25, 0.3) is 28.0 Å². The van der Waals surface area contributed by atoms with Crippen LogP contribution in [0.2, 0.25) is 0 Å². The van der Waals surface area contributed by atoms with Crippen molar-refractivity contribution in [2.24, 2.45) is 5.92 Å². The minimum Gasteiger partial charge on any atom is -0.353 e. The van der Waals surface area contributed by atoms with Crippen LogP contribution in [0.15, 0.2) is 55.0 Å². The fourth-order valence-corrected chi connectivity index (χ4v) is 7.38. The first-order valence-corrected chi connectivity index (χ1v) is 18.2. The molecule has 2 fully saturated rings. The highest BCUT2D eigenvalue weighted by atomic mass is 32.1. The van der Waals surface area contributed by atoms with E-state index >= 15 is 0 Å². The van der Waals surface area contributed by atoms with Crippen molar-refractivity contribution in [3.8, 4) is 28.5 Å². The summed E-state index contributed by atoms with van der Waals surface area (Å²) in [6.07, 6.45) is 9.97. The number of amides is 1. The Morgan fingerprint density at radius 2 is 1.69 bits per heavy atom. The predicted molar refractivity (Wildman–Crippen MR) is 203 cm³/mol. The fourth-order valence-electron chi connectivity index (χ4n) is 6.53. The highest BCUT2D eigenvalue weighted by Gasteiger charge is 2.28. The number of fused-ring (bicyclic) bond motifs is 1. The van der Waals surface area contributed by atoms with Crippen LogP contribution >= 0.6 is 11.3 Å². The molecule has 2 aliphatic heterocycles. The van der Waals surface area contributed by atoms with Gasteiger partial charge in [0.25, 0.3) is 0 Å². The van der Waals surface area contributed by atoms with Gasteiger partial charge < -0.3 is 20.4 Å². The molecule has 2 saturated heterocycles. The molecule has 0 saturated carbocycles. The predicted octanol–water partition coefficient (Wildman–Crippen LogP) is 7.00. The average Bonchev–Trinajstić information content (AvgIpc) is 3.78. The minimum atomic E-state index is -0.340. The summed E-state index contributed by atoms with van der Waals surface area (Å²) in [5.41, 5.74) is 4.70. The van der Waals surface area contributed by atoms with Crippen LogP contribution in [0.3, 0.4) is 0 Å². The first-order chi connectivity index (χ1) is 24.4. The lowest BCUT2D eigenvalue weighted by atomic mass is 9.95. The van der Waals surface area contributed by atoms with Gasteiger partial charge in [0.2, 0.25) is 11.9 Å². The Morgan fingerprint density at radius 1 is 1.02 bits per heavy atom. The fraction of sp³-hybridized carbons (Fsp3) is 0.421. The molecule has 51 heavy (non-hydrogen) atoms. The zero-order valence-corrected chi connectivity index (χ0v) is 29.8. The Bertz CT molecular complexity index is 1950. The number of hydrogen-bond donors (Lipinski definition) is 2. The average molecular weight is 711 g/mol. The molecule has 6 heterocycles. The second-order valence-corrected chi connectivity index (χ2v) is 13.3. The van der Waals surface area contributed by atoms with Crippen molar-refractivity contribution in [1.29, 1.82) is 5.26 Å². The number of nitriles is 1. The van der Waals surface area contributed by atoms with Gasteiger partial charge >= 0.3 is 0 Å². The van der Waals surface area contributed by atoms with Crippen molar-refractivity contribution in [1.82, 2.24) is 35.0 Å². The van der Waals surface area contributed by atoms with Crippen LogP contribution in [-0.4, -0.2) is 69.5 Å². The molecule has 0 unspecified atom stereocenters. The normalized spacial score (nSPS) is 15.0. The largest absolute Gasteiger partial charge is 0.353 e. The van der Waals surface area contributed by atoms with E-state index in [1.165, 1.54) is 23.5 Å². The third kappa shape index (κ3) is 8.02. The SMILES string of the molecule is C.CC.CCc1nc2ccc(-c3cnc(N4CCC(C(=O)NC5CCNCC5)CC4)nc3)cn2c1N(C)c1nc(-c2ccc(F)cc2)c(C#N)s1. The number of carbonyl (C=O) groups is 1. The Labute approximate surface area is 303 Å². The maximum absolute atomic E-state index is 13.6. The van der Waals surface area contributed by atoms with Gasteiger partial charge in [-0.3, -0.25) is 9.20 Å². The highest BCUT2D eigenvalue weighted by molar-refractivity contribution is 7.16. The van der Waals surface area contributed by atoms with Gasteiger partial charge in [0.15, 0.2) is 5.13 Å². The van der Waals surface area contributed by atoms with Gasteiger partial charge in [0.05, 0.1) is 5.69 Å². The van der Waals surface area contributed by atoms with Gasteiger partial charge in [-0.25, -0.2) is 24.3 Å². The second-order valence-electron chi connectivity index (χ2n) is 12.3. The van der Waals surface area contributed by atoms with Gasteiger partial charge in [-0.05, 0) is 81.6 Å². The highest BCUT2D eigenvalue weighted by Crippen LogP contribution is 2.37. The zero-order valence-electron chi connectivity index (χ0n) is 29.0. The standard InChI is InChI=1S/C35H37FN10OS.C2H6.CH4/c1-3-28-33(44(2)35-43-31(29(18-37)48-35)22-4-7-26(36)8-5-22)46-21-24(6-9-30(46)42-28)25-19-39-34(40-20-25)45-16-12-23(13-17-45)32(47)41-27-10-14-38-15-11-27;1-2;/h4-9,19-21,23,27,38H,3,10-17H2,1-2H3,(H,41,47);1-2H3;1H4. The van der Waals surface area contributed by atoms with E-state index in [0.717, 1.165) is 80.1 Å². The van der Waals surface area contributed by atoms with Crippen LogP contribution < -0.4 is 20.4 Å². The molecule has 2 aliphatic rings. The molecule has 0 bridgehead atoms. The third-order valence-electron chi connectivity index (χ3n) is 9.24. The molecule has 7 rings (SSSR count). The number of piperidine rings is 2. The van der Waals surface area contributed by atoms with Crippen LogP contribution in [0.5, 0.6) is 0 Å². The number of halogens is 1. The van der Waals surface area contributed by atoms with Crippen molar-refractivity contribution >= 4 is 39.8 Å². The molecule has 5 aromatic rings. The summed E-state index contributed by atoms with van der Waals surface area (Å²) in [4.78, 5) is 36.5. The molecule has 1 aromatic carbocycles. The van der Waals surface area contributed by atoms with Crippen molar-refractivity contribution in [2.75, 3.05) is 43.0 Å². The summed E-state index contributed by atoms with van der Waals surface area (Å²) in [5, 5.41) is 17.1. The Kier molecular flexibility index (Phi) is 12.3. The minimum absolute atomic E-state index is 0. The van der Waals surface area contributed by atoms with E-state index in [-0.39, 0.29) is 31.1 Å². The van der Waals surface area contributed by atoms with Gasteiger partial charge in [-0.1, -0.05) is 39.5 Å². The van der Waals surface area contributed by atoms with Crippen LogP contribution in [0, 0.1) is 23.1 Å². The molecule has 2 N–H and O–H groups in total. The lowest BCUT2D eigenvalue weighted by molar-refractivity contribution is -0.126. The second kappa shape index (κ2) is 16.9. The Balaban J connectivity index is 0.00000165. The summed E-state index contributed by atoms with van der Waals surface area (Å²) >= 11 is 1.29. The third-order valence-corrected chi connectivity index (χ3v) is 10.3. The van der Waals surface area contributed by atoms with Gasteiger partial charge in [0, 0.05) is 67.4 Å². The van der Waals surface area contributed by atoms with Crippen molar-refractivity contribution in [3.63, 3.8) is 0 Å². The summed E-state index contributed by atoms with van der Waals surface area (Å²) < 4.78 is 15.6. The smallest absolute Gasteiger partial charge is 0.225 e. The lowest BCUT2D eigenvalue weighted by Gasteiger charge is -2.32. The van der Waals surface area contributed by atoms with Gasteiger partial charge in [-0.2, -0.15) is 5.26 Å². The number of nitrogens with zero attached hydrogens (tertiary/aromatic N) is 8. The van der Waals surface area contributed by atoms with Crippen molar-refractivity contribution in [3.05, 3.63) is 71.4 Å². The summed E-state index contributed by atoms with van der Waals surface area (Å²) in [5.74, 6) is 1.39. The summed E-state index contributed by atoms with van der Waals surface area (Å²) in [6.45, 7) is 9.47. The first-order valence-electron chi connectivity index (χ1n) is 17.4. The number of anilines is 3. The number of pyridine rings is 1. The number of carbonyl (C=O) groups excluding carboxylic acids is 1. The van der Waals surface area contributed by atoms with E-state index in [1.807, 2.05) is 60.9 Å². The first kappa shape index (κ1) is 37.3. The Hall–Kier alpha value is -4.93. The molecule has 1 amide bonds. The van der Waals surface area contributed by atoms with E-state index in [2.05, 4.69) is 28.5 Å². The number of aryl methyl sites for hydroxylation is 1. The molecule has 11 nitrogen and oxygen atoms in total. The number of thiazole rings is 1. The Morgan fingerprint density at radius 3 is 2.33 bits per heavy atom. The van der Waals surface area contributed by atoms with Crippen molar-refractivity contribution in [2.45, 2.75) is 66.3 Å². The molecule has 0 spiro atoms. The summed E-state index contributed by atoms with van der Waals surface area (Å²) in [6, 6.07) is 12.5. The molecule has 4 aromatic heterocycles. The maximum Gasteiger partial charge on any atom is 0.225 e. The van der Waals surface area contributed by atoms with Crippen LogP contribution in [0.1, 0.15) is 64.5 Å². The van der Waals surface area contributed by atoms with E-state index in [9.17, 15) is 14.4 Å². The monoisotopic (exact) mass is 710 g/mol. The molecular formula is C38H47FN10OS. The van der Waals surface area contributed by atoms with E-state index in [1.54, 1.807) is 12.1 Å². The molecule has 268 valence electrons. The van der Waals surface area contributed by atoms with E-state index < -0.39 is 0 Å². The van der Waals surface area contributed by atoms with Gasteiger partial charge in [-0.15, -0.1) is 0 Å². The number of benzene rings is 1. The lowest BCUT2D eigenvalue weighted by Crippen LogP contribution is -2.47. The molecule has 0 aliphatic carbocycles. The molecule has 13 heteroatoms. The molecular weight excluding hydrogens is 664 g/mol. The number of imidazole rings is 1. The number of nitrogens with one attached hydrogen (secondary N) is 2. The van der Waals surface area contributed by atoms with Crippen LogP contribution in [-0.2, 0) is 11.2 Å². The van der Waals surface area contributed by atoms with Crippen LogP contribution in [0.4, 0.5) is 21.3 Å². The quantitative estimate of drug-likeness (QED) is 0.175. The van der Waals surface area contributed by atoms with Crippen molar-refractivity contribution < 1.29 is 9.18 Å². The molecule has 0 atom stereocenters. The summed E-state index contributed by atoms with van der Waals surface area (Å²) in [7, 11) is 1.92. The van der Waals surface area contributed by atoms with Gasteiger partial charge in [0.1, 0.15) is 33.9 Å². The number of aromatic nitrogens is 5. The molecule has 0 radical (unpaired) electrons. The number of hydrogen-bond acceptors (Lipinski definition) is 10. The van der Waals surface area contributed by atoms with E-state index in [0.29, 0.717) is 33.6 Å².